The van der Waals surface area contributed by atoms with Crippen LogP contribution in [0.4, 0.5) is 0 Å². The Bertz CT molecular complexity index is 1170. The topological polar surface area (TPSA) is 94.1 Å². The van der Waals surface area contributed by atoms with Gasteiger partial charge in [-0.3, -0.25) is 4.68 Å². The molecule has 3 atom stereocenters. The summed E-state index contributed by atoms with van der Waals surface area (Å²) in [5, 5.41) is 8.54. The number of sulfonamides is 1. The van der Waals surface area contributed by atoms with Crippen molar-refractivity contribution in [2.45, 2.75) is 63.1 Å². The van der Waals surface area contributed by atoms with Gasteiger partial charge in [0.05, 0.1) is 5.69 Å². The fourth-order valence-corrected chi connectivity index (χ4v) is 6.78. The molecule has 30 heavy (non-hydrogen) atoms. The highest BCUT2D eigenvalue weighted by atomic mass is 32.2. The normalized spacial score (nSPS) is 24.2. The van der Waals surface area contributed by atoms with Crippen LogP contribution >= 0.6 is 0 Å². The minimum absolute atomic E-state index is 0.0427. The molecule has 2 aromatic heterocycles. The Balaban J connectivity index is 1.54. The van der Waals surface area contributed by atoms with Gasteiger partial charge in [-0.25, -0.2) is 8.42 Å². The maximum absolute atomic E-state index is 13.7. The number of hydrogen-bond acceptors (Lipinski definition) is 6. The molecule has 3 heterocycles. The molecule has 1 aliphatic carbocycles. The highest BCUT2D eigenvalue weighted by Crippen LogP contribution is 2.52. The molecule has 8 nitrogen and oxygen atoms in total. The van der Waals surface area contributed by atoms with Gasteiger partial charge >= 0.3 is 0 Å². The molecule has 1 aliphatic heterocycles. The zero-order valence-corrected chi connectivity index (χ0v) is 18.1. The third-order valence-corrected chi connectivity index (χ3v) is 8.25. The molecule has 1 aromatic carbocycles. The first-order valence-corrected chi connectivity index (χ1v) is 11.8. The highest BCUT2D eigenvalue weighted by molar-refractivity contribution is 7.89. The lowest BCUT2D eigenvalue weighted by molar-refractivity contribution is 0.197. The molecule has 0 N–H and O–H groups in total. The molecule has 5 rings (SSSR count). The molecular formula is C21H25N5O3S. The Morgan fingerprint density at radius 1 is 1.17 bits per heavy atom. The van der Waals surface area contributed by atoms with E-state index in [1.165, 1.54) is 0 Å². The van der Waals surface area contributed by atoms with Crippen LogP contribution in [-0.2, 0) is 10.0 Å². The van der Waals surface area contributed by atoms with E-state index in [1.54, 1.807) is 22.1 Å². The third-order valence-electron chi connectivity index (χ3n) is 6.21. The van der Waals surface area contributed by atoms with E-state index < -0.39 is 16.1 Å². The molecule has 0 unspecified atom stereocenters. The van der Waals surface area contributed by atoms with Crippen molar-refractivity contribution in [3.05, 3.63) is 48.1 Å². The summed E-state index contributed by atoms with van der Waals surface area (Å²) in [6.07, 6.45) is 4.29. The fraction of sp³-hybridized carbons (Fsp3) is 0.476. The molecule has 1 saturated heterocycles. The van der Waals surface area contributed by atoms with Crippen LogP contribution in [0.25, 0.3) is 11.4 Å². The van der Waals surface area contributed by atoms with Gasteiger partial charge in [0, 0.05) is 23.8 Å². The zero-order chi connectivity index (χ0) is 21.0. The van der Waals surface area contributed by atoms with Gasteiger partial charge in [-0.1, -0.05) is 35.5 Å². The number of aromatic nitrogens is 4. The summed E-state index contributed by atoms with van der Waals surface area (Å²) in [6, 6.07) is 9.18. The number of nitrogens with zero attached hydrogens (tertiary/aromatic N) is 5. The van der Waals surface area contributed by atoms with Gasteiger partial charge in [0.2, 0.25) is 21.7 Å². The number of hydrogen-bond donors (Lipinski definition) is 0. The second kappa shape index (κ2) is 7.02. The van der Waals surface area contributed by atoms with Gasteiger partial charge in [0.15, 0.2) is 0 Å². The lowest BCUT2D eigenvalue weighted by Gasteiger charge is -2.31. The van der Waals surface area contributed by atoms with E-state index in [-0.39, 0.29) is 22.9 Å². The second-order valence-electron chi connectivity index (χ2n) is 8.48. The number of rotatable bonds is 5. The molecule has 158 valence electrons. The van der Waals surface area contributed by atoms with E-state index >= 15 is 0 Å². The molecule has 0 amide bonds. The number of fused-ring (bicyclic) bond motifs is 2. The summed E-state index contributed by atoms with van der Waals surface area (Å²) in [6.45, 7) is 5.70. The van der Waals surface area contributed by atoms with Crippen molar-refractivity contribution < 1.29 is 12.9 Å². The van der Waals surface area contributed by atoms with E-state index in [4.69, 9.17) is 4.52 Å². The Hall–Kier alpha value is -2.52. The number of aryl methyl sites for hydroxylation is 1. The maximum Gasteiger partial charge on any atom is 0.247 e. The molecule has 2 fully saturated rings. The Morgan fingerprint density at radius 3 is 2.63 bits per heavy atom. The fourth-order valence-electron chi connectivity index (χ4n) is 4.76. The quantitative estimate of drug-likeness (QED) is 0.616. The van der Waals surface area contributed by atoms with Crippen LogP contribution < -0.4 is 0 Å². The van der Waals surface area contributed by atoms with Crippen molar-refractivity contribution in [1.29, 1.82) is 0 Å². The van der Waals surface area contributed by atoms with E-state index in [9.17, 15) is 8.42 Å². The third kappa shape index (κ3) is 2.99. The Labute approximate surface area is 175 Å². The van der Waals surface area contributed by atoms with Crippen LogP contribution in [0.1, 0.15) is 56.8 Å². The average Bonchev–Trinajstić information content (AvgIpc) is 3.50. The van der Waals surface area contributed by atoms with Crippen molar-refractivity contribution in [2.75, 3.05) is 0 Å². The van der Waals surface area contributed by atoms with Gasteiger partial charge in [-0.15, -0.1) is 0 Å². The largest absolute Gasteiger partial charge is 0.337 e. The molecule has 9 heteroatoms. The monoisotopic (exact) mass is 427 g/mol. The van der Waals surface area contributed by atoms with Crippen LogP contribution in [0.3, 0.4) is 0 Å². The standard InChI is InChI=1S/C21H25N5O3S/c1-13(2)25-12-18(14(3)23-25)30(27,28)26-17-10-9-16(11-17)19(26)21-22-20(24-29-21)15-7-5-4-6-8-15/h4-8,12-13,16-17,19H,9-11H2,1-3H3/t16-,17-,19-/m1/s1. The van der Waals surface area contributed by atoms with Crippen LogP contribution in [0, 0.1) is 12.8 Å². The first-order valence-electron chi connectivity index (χ1n) is 10.3. The minimum Gasteiger partial charge on any atom is -0.337 e. The Kier molecular flexibility index (Phi) is 4.55. The predicted octanol–water partition coefficient (Wildman–Crippen LogP) is 3.74. The highest BCUT2D eigenvalue weighted by Gasteiger charge is 2.54. The van der Waals surface area contributed by atoms with Crippen molar-refractivity contribution in [2.24, 2.45) is 5.92 Å². The Morgan fingerprint density at radius 2 is 1.93 bits per heavy atom. The van der Waals surface area contributed by atoms with Gasteiger partial charge in [-0.2, -0.15) is 14.4 Å². The summed E-state index contributed by atoms with van der Waals surface area (Å²) < 4.78 is 36.4. The van der Waals surface area contributed by atoms with Gasteiger partial charge < -0.3 is 4.52 Å². The van der Waals surface area contributed by atoms with E-state index in [0.29, 0.717) is 17.4 Å². The summed E-state index contributed by atoms with van der Waals surface area (Å²) in [5.41, 5.74) is 1.36. The van der Waals surface area contributed by atoms with Crippen LogP contribution in [-0.4, -0.2) is 38.7 Å². The summed E-state index contributed by atoms with van der Waals surface area (Å²) in [7, 11) is -3.74. The lowest BCUT2D eigenvalue weighted by Crippen LogP contribution is -2.40. The zero-order valence-electron chi connectivity index (χ0n) is 17.3. The van der Waals surface area contributed by atoms with Gasteiger partial charge in [0.25, 0.3) is 0 Å². The van der Waals surface area contributed by atoms with Crippen LogP contribution in [0.15, 0.2) is 45.9 Å². The smallest absolute Gasteiger partial charge is 0.247 e. The van der Waals surface area contributed by atoms with E-state index in [1.807, 2.05) is 44.2 Å². The first-order chi connectivity index (χ1) is 14.4. The summed E-state index contributed by atoms with van der Waals surface area (Å²) >= 11 is 0. The van der Waals surface area contributed by atoms with Crippen LogP contribution in [0.2, 0.25) is 0 Å². The molecule has 2 aliphatic rings. The number of piperidine rings is 1. The van der Waals surface area contributed by atoms with Crippen molar-refractivity contribution >= 4 is 10.0 Å². The molecule has 1 saturated carbocycles. The SMILES string of the molecule is Cc1nn(C(C)C)cc1S(=O)(=O)N1[C@@H]2CC[C@H](C2)[C@@H]1c1nc(-c2ccccc2)no1. The molecule has 2 bridgehead atoms. The lowest BCUT2D eigenvalue weighted by atomic mass is 10.00. The molecule has 0 radical (unpaired) electrons. The summed E-state index contributed by atoms with van der Waals surface area (Å²) in [5.74, 6) is 1.04. The van der Waals surface area contributed by atoms with Crippen molar-refractivity contribution in [3.8, 4) is 11.4 Å². The van der Waals surface area contributed by atoms with E-state index in [2.05, 4.69) is 15.2 Å². The molecule has 3 aromatic rings. The second-order valence-corrected chi connectivity index (χ2v) is 10.3. The maximum atomic E-state index is 13.7. The summed E-state index contributed by atoms with van der Waals surface area (Å²) in [4.78, 5) is 4.85. The van der Waals surface area contributed by atoms with Crippen LogP contribution in [0.5, 0.6) is 0 Å². The van der Waals surface area contributed by atoms with Gasteiger partial charge in [-0.05, 0) is 46.0 Å². The minimum atomic E-state index is -3.74. The van der Waals surface area contributed by atoms with Gasteiger partial charge in [0.1, 0.15) is 10.9 Å². The van der Waals surface area contributed by atoms with E-state index in [0.717, 1.165) is 24.8 Å². The predicted molar refractivity (Wildman–Crippen MR) is 110 cm³/mol. The molecular weight excluding hydrogens is 402 g/mol. The first kappa shape index (κ1) is 19.4. The average molecular weight is 428 g/mol. The number of benzene rings is 1. The molecule has 0 spiro atoms. The van der Waals surface area contributed by atoms with Crippen molar-refractivity contribution in [1.82, 2.24) is 24.2 Å². The van der Waals surface area contributed by atoms with Crippen molar-refractivity contribution in [3.63, 3.8) is 0 Å².